The van der Waals surface area contributed by atoms with Crippen LogP contribution in [0.3, 0.4) is 0 Å². The molecule has 0 saturated heterocycles. The second kappa shape index (κ2) is 21.7. The summed E-state index contributed by atoms with van der Waals surface area (Å²) in [6, 6.07) is 19.7. The van der Waals surface area contributed by atoms with Gasteiger partial charge >= 0.3 is 6.09 Å². The number of aliphatic hydroxyl groups excluding tert-OH is 1. The van der Waals surface area contributed by atoms with Crippen LogP contribution in [0.4, 0.5) is 10.5 Å². The fourth-order valence-corrected chi connectivity index (χ4v) is 6.19. The fraction of sp³-hybridized carbons (Fsp3) is 0.488. The molecule has 0 saturated carbocycles. The number of alkyl carbamates (subject to hydrolysis) is 1. The molecular formula is C43H60N4O6. The van der Waals surface area contributed by atoms with Gasteiger partial charge in [0.15, 0.2) is 0 Å². The van der Waals surface area contributed by atoms with Crippen molar-refractivity contribution < 1.29 is 29.0 Å². The smallest absolute Gasteiger partial charge is 0.408 e. The molecule has 0 aliphatic heterocycles. The zero-order valence-electron chi connectivity index (χ0n) is 32.6. The highest BCUT2D eigenvalue weighted by atomic mass is 16.5. The minimum atomic E-state index is -1.15. The predicted octanol–water partition coefficient (Wildman–Crippen LogP) is 7.44. The number of rotatable bonds is 20. The van der Waals surface area contributed by atoms with Gasteiger partial charge in [-0.05, 0) is 61.1 Å². The van der Waals surface area contributed by atoms with Crippen molar-refractivity contribution in [1.82, 2.24) is 16.0 Å². The van der Waals surface area contributed by atoms with Crippen LogP contribution in [0, 0.1) is 11.8 Å². The van der Waals surface area contributed by atoms with Crippen LogP contribution in [0.15, 0.2) is 84.4 Å². The Balaban J connectivity index is 2.00. The van der Waals surface area contributed by atoms with Crippen LogP contribution in [-0.4, -0.2) is 59.7 Å². The number of unbranched alkanes of at least 4 members (excludes halogenated alkanes) is 1. The van der Waals surface area contributed by atoms with Crippen LogP contribution in [0.5, 0.6) is 0 Å². The number of anilines is 1. The number of carbonyl (C=O) groups is 4. The molecule has 4 amide bonds. The second-order valence-electron chi connectivity index (χ2n) is 14.6. The number of benzene rings is 3. The first kappa shape index (κ1) is 42.7. The number of carbonyl (C=O) groups excluding carboxylic acids is 4. The van der Waals surface area contributed by atoms with Gasteiger partial charge in [-0.25, -0.2) is 4.79 Å². The first-order valence-electron chi connectivity index (χ1n) is 19.1. The normalized spacial score (nSPS) is 14.0. The van der Waals surface area contributed by atoms with E-state index in [4.69, 9.17) is 4.74 Å². The van der Waals surface area contributed by atoms with E-state index in [9.17, 15) is 24.3 Å². The van der Waals surface area contributed by atoms with E-state index >= 15 is 0 Å². The Bertz CT molecular complexity index is 1650. The summed E-state index contributed by atoms with van der Waals surface area (Å²) in [6.07, 6.45) is 3.03. The van der Waals surface area contributed by atoms with Crippen LogP contribution in [0.25, 0.3) is 10.8 Å². The summed E-state index contributed by atoms with van der Waals surface area (Å²) in [4.78, 5) is 56.7. The van der Waals surface area contributed by atoms with Gasteiger partial charge in [0, 0.05) is 17.5 Å². The molecule has 0 unspecified atom stereocenters. The lowest BCUT2D eigenvalue weighted by Gasteiger charge is -2.35. The fourth-order valence-electron chi connectivity index (χ4n) is 6.19. The highest BCUT2D eigenvalue weighted by Gasteiger charge is 2.36. The van der Waals surface area contributed by atoms with Crippen molar-refractivity contribution in [2.24, 2.45) is 11.8 Å². The molecule has 0 bridgehead atoms. The molecule has 10 nitrogen and oxygen atoms in total. The zero-order chi connectivity index (χ0) is 38.9. The van der Waals surface area contributed by atoms with Gasteiger partial charge in [0.05, 0.1) is 17.8 Å². The molecule has 0 aliphatic carbocycles. The van der Waals surface area contributed by atoms with E-state index < -0.39 is 42.1 Å². The van der Waals surface area contributed by atoms with Gasteiger partial charge in [0.25, 0.3) is 0 Å². The number of aliphatic hydroxyl groups is 1. The topological polar surface area (TPSA) is 137 Å². The van der Waals surface area contributed by atoms with Gasteiger partial charge in [0.1, 0.15) is 18.7 Å². The quantitative estimate of drug-likeness (QED) is 0.0894. The van der Waals surface area contributed by atoms with Crippen molar-refractivity contribution in [2.45, 2.75) is 118 Å². The number of ether oxygens (including phenoxy) is 1. The largest absolute Gasteiger partial charge is 0.445 e. The Morgan fingerprint density at radius 2 is 1.51 bits per heavy atom. The van der Waals surface area contributed by atoms with Crippen molar-refractivity contribution in [3.63, 3.8) is 0 Å². The number of hydrogen-bond donors (Lipinski definition) is 4. The average Bonchev–Trinajstić information content (AvgIpc) is 3.13. The predicted molar refractivity (Wildman–Crippen MR) is 212 cm³/mol. The summed E-state index contributed by atoms with van der Waals surface area (Å²) in [5.41, 5.74) is 1.81. The molecule has 3 aromatic carbocycles. The molecule has 4 N–H and O–H groups in total. The maximum atomic E-state index is 14.6. The van der Waals surface area contributed by atoms with Crippen molar-refractivity contribution in [3.05, 3.63) is 90.0 Å². The first-order chi connectivity index (χ1) is 25.4. The van der Waals surface area contributed by atoms with E-state index in [0.717, 1.165) is 22.8 Å². The second-order valence-corrected chi connectivity index (χ2v) is 14.6. The van der Waals surface area contributed by atoms with Gasteiger partial charge in [-0.15, -0.1) is 0 Å². The Labute approximate surface area is 315 Å². The third-order valence-electron chi connectivity index (χ3n) is 8.95. The van der Waals surface area contributed by atoms with Gasteiger partial charge in [-0.1, -0.05) is 128 Å². The molecular weight excluding hydrogens is 668 g/mol. The molecule has 3 rings (SSSR count). The number of amides is 4. The molecule has 0 radical (unpaired) electrons. The molecule has 4 atom stereocenters. The lowest BCUT2D eigenvalue weighted by atomic mass is 9.95. The highest BCUT2D eigenvalue weighted by molar-refractivity contribution is 6.09. The van der Waals surface area contributed by atoms with E-state index in [-0.39, 0.29) is 24.3 Å². The van der Waals surface area contributed by atoms with Gasteiger partial charge in [0.2, 0.25) is 17.7 Å². The van der Waals surface area contributed by atoms with Crippen LogP contribution >= 0.6 is 0 Å². The molecule has 0 heterocycles. The maximum absolute atomic E-state index is 14.6. The van der Waals surface area contributed by atoms with Crippen molar-refractivity contribution in [3.8, 4) is 0 Å². The van der Waals surface area contributed by atoms with E-state index in [1.807, 2.05) is 114 Å². The molecule has 0 spiro atoms. The zero-order valence-corrected chi connectivity index (χ0v) is 32.6. The van der Waals surface area contributed by atoms with E-state index in [0.29, 0.717) is 49.9 Å². The van der Waals surface area contributed by atoms with E-state index in [2.05, 4.69) is 16.0 Å². The lowest BCUT2D eigenvalue weighted by Crippen LogP contribution is -2.58. The number of nitrogens with zero attached hydrogens (tertiary/aromatic N) is 1. The maximum Gasteiger partial charge on any atom is 0.408 e. The van der Waals surface area contributed by atoms with Crippen LogP contribution in [-0.2, 0) is 25.7 Å². The number of fused-ring (bicyclic) bond motifs is 1. The minimum absolute atomic E-state index is 0.0372. The summed E-state index contributed by atoms with van der Waals surface area (Å²) in [5.74, 6) is -0.777. The van der Waals surface area contributed by atoms with Crippen molar-refractivity contribution in [1.29, 1.82) is 0 Å². The SMILES string of the molecule is CCCC[C@@H](C(=O)N[C@@H](CC(C)C)[C@@H](O)/C=C(\CCC)C(=O)NCC(C)C)N(C(=O)[C@H](C)NC(=O)OCc1ccccc1)c1cccc2ccccc12. The summed E-state index contributed by atoms with van der Waals surface area (Å²) < 4.78 is 5.42. The van der Waals surface area contributed by atoms with E-state index in [1.165, 1.54) is 4.90 Å². The number of nitrogens with one attached hydrogen (secondary N) is 3. The van der Waals surface area contributed by atoms with Crippen LogP contribution in [0.2, 0.25) is 0 Å². The van der Waals surface area contributed by atoms with Gasteiger partial charge < -0.3 is 25.8 Å². The Morgan fingerprint density at radius 3 is 2.17 bits per heavy atom. The van der Waals surface area contributed by atoms with Gasteiger partial charge in [-0.3, -0.25) is 19.3 Å². The molecule has 0 aliphatic rings. The van der Waals surface area contributed by atoms with Gasteiger partial charge in [-0.2, -0.15) is 0 Å². The molecule has 53 heavy (non-hydrogen) atoms. The van der Waals surface area contributed by atoms with Crippen LogP contribution in [0.1, 0.15) is 92.6 Å². The average molecular weight is 729 g/mol. The molecule has 288 valence electrons. The summed E-state index contributed by atoms with van der Waals surface area (Å²) in [5, 5.41) is 22.0. The van der Waals surface area contributed by atoms with Crippen molar-refractivity contribution in [2.75, 3.05) is 11.4 Å². The third-order valence-corrected chi connectivity index (χ3v) is 8.95. The molecule has 0 aromatic heterocycles. The Kier molecular flexibility index (Phi) is 17.5. The highest BCUT2D eigenvalue weighted by Crippen LogP contribution is 2.31. The van der Waals surface area contributed by atoms with Crippen molar-refractivity contribution >= 4 is 40.3 Å². The Morgan fingerprint density at radius 1 is 0.830 bits per heavy atom. The Hall–Kier alpha value is -4.70. The first-order valence-corrected chi connectivity index (χ1v) is 19.1. The van der Waals surface area contributed by atoms with E-state index in [1.54, 1.807) is 13.0 Å². The molecule has 0 fully saturated rings. The number of hydrogen-bond acceptors (Lipinski definition) is 6. The standard InChI is InChI=1S/C43H60N4O6/c1-8-10-23-38(41(50)46-36(25-29(3)4)39(48)26-34(17-9-2)40(49)44-27-30(5)6)47(37-24-16-21-33-20-14-15-22-35(33)37)42(51)31(7)45-43(52)53-28-32-18-12-11-13-19-32/h11-16,18-22,24,26,29-31,36,38-39,48H,8-10,17,23,25,27-28H2,1-7H3,(H,44,49)(H,45,52)(H,46,50)/b34-26+/t31-,36-,38-,39-/m0/s1. The summed E-state index contributed by atoms with van der Waals surface area (Å²) in [6.45, 7) is 14.2. The third kappa shape index (κ3) is 13.3. The molecule has 10 heteroatoms. The minimum Gasteiger partial charge on any atom is -0.445 e. The summed E-state index contributed by atoms with van der Waals surface area (Å²) >= 11 is 0. The summed E-state index contributed by atoms with van der Waals surface area (Å²) in [7, 11) is 0. The molecule has 3 aromatic rings. The van der Waals surface area contributed by atoms with Crippen LogP contribution < -0.4 is 20.9 Å². The monoisotopic (exact) mass is 728 g/mol. The lowest BCUT2D eigenvalue weighted by molar-refractivity contribution is -0.128.